The molecule has 8 heteroatoms. The van der Waals surface area contributed by atoms with E-state index in [0.29, 0.717) is 0 Å². The normalized spacial score (nSPS) is 12.4. The monoisotopic (exact) mass is 289 g/mol. The van der Waals surface area contributed by atoms with Crippen LogP contribution in [0.15, 0.2) is 30.2 Å². The molecule has 0 aliphatic heterocycles. The summed E-state index contributed by atoms with van der Waals surface area (Å²) in [5.41, 5.74) is -0.269. The lowest BCUT2D eigenvalue weighted by Crippen LogP contribution is -2.44. The van der Waals surface area contributed by atoms with E-state index < -0.39 is 17.9 Å². The van der Waals surface area contributed by atoms with Gasteiger partial charge in [-0.05, 0) is 12.0 Å². The first-order valence-corrected chi connectivity index (χ1v) is 6.13. The fourth-order valence-corrected chi connectivity index (χ4v) is 1.39. The number of nitrogens with one attached hydrogen (secondary N) is 2. The Balaban J connectivity index is 2.78. The Morgan fingerprint density at radius 2 is 2.00 bits per heavy atom. The van der Waals surface area contributed by atoms with Crippen LogP contribution in [0.5, 0.6) is 0 Å². The van der Waals surface area contributed by atoms with Gasteiger partial charge in [0.15, 0.2) is 0 Å². The van der Waals surface area contributed by atoms with E-state index in [0.717, 1.165) is 6.20 Å². The molecule has 1 atom stereocenters. The maximum atomic E-state index is 11.9. The summed E-state index contributed by atoms with van der Waals surface area (Å²) in [5.74, 6) is -2.02. The molecule has 0 saturated heterocycles. The van der Waals surface area contributed by atoms with E-state index in [4.69, 9.17) is 10.4 Å². The number of carbonyl (C=O) groups is 2. The third kappa shape index (κ3) is 4.91. The molecule has 21 heavy (non-hydrogen) atoms. The van der Waals surface area contributed by atoms with Crippen molar-refractivity contribution < 1.29 is 14.7 Å². The van der Waals surface area contributed by atoms with Gasteiger partial charge in [-0.3, -0.25) is 4.79 Å². The quantitative estimate of drug-likeness (QED) is 0.514. The molecule has 1 unspecified atom stereocenters. The zero-order valence-corrected chi connectivity index (χ0v) is 11.6. The van der Waals surface area contributed by atoms with Crippen LogP contribution in [0.3, 0.4) is 0 Å². The Hall–Kier alpha value is -2.95. The van der Waals surface area contributed by atoms with Gasteiger partial charge in [-0.15, -0.1) is 0 Å². The third-order valence-electron chi connectivity index (χ3n) is 2.50. The second-order valence-electron chi connectivity index (χ2n) is 4.42. The van der Waals surface area contributed by atoms with E-state index >= 15 is 0 Å². The highest BCUT2D eigenvalue weighted by atomic mass is 16.4. The van der Waals surface area contributed by atoms with Gasteiger partial charge in [0.1, 0.15) is 17.7 Å². The van der Waals surface area contributed by atoms with E-state index in [-0.39, 0.29) is 17.4 Å². The van der Waals surface area contributed by atoms with Crippen LogP contribution >= 0.6 is 0 Å². The number of amides is 1. The number of anilines is 1. The highest BCUT2D eigenvalue weighted by molar-refractivity contribution is 5.99. The summed E-state index contributed by atoms with van der Waals surface area (Å²) in [5, 5.41) is 22.8. The maximum absolute atomic E-state index is 11.9. The van der Waals surface area contributed by atoms with E-state index in [2.05, 4.69) is 20.6 Å². The molecule has 1 amide bonds. The second-order valence-corrected chi connectivity index (χ2v) is 4.42. The molecule has 0 aliphatic carbocycles. The van der Waals surface area contributed by atoms with Crippen LogP contribution in [0.4, 0.5) is 5.95 Å². The van der Waals surface area contributed by atoms with Crippen molar-refractivity contribution >= 4 is 17.8 Å². The minimum atomic E-state index is -1.16. The van der Waals surface area contributed by atoms with E-state index in [1.807, 2.05) is 0 Å². The number of carboxylic acid groups (broad SMARTS) is 1. The molecule has 1 aromatic rings. The van der Waals surface area contributed by atoms with Gasteiger partial charge in [0.05, 0.1) is 0 Å². The lowest BCUT2D eigenvalue weighted by molar-refractivity contribution is -0.142. The molecule has 0 fully saturated rings. The zero-order valence-electron chi connectivity index (χ0n) is 11.6. The summed E-state index contributed by atoms with van der Waals surface area (Å²) >= 11 is 0. The molecule has 8 nitrogen and oxygen atoms in total. The highest BCUT2D eigenvalue weighted by Crippen LogP contribution is 2.04. The number of rotatable bonds is 6. The SMILES string of the molecule is CC(C)C(NC(=O)/C(C#N)=C\Nc1ncccn1)C(=O)O. The maximum Gasteiger partial charge on any atom is 0.326 e. The number of hydrogen-bond acceptors (Lipinski definition) is 6. The lowest BCUT2D eigenvalue weighted by Gasteiger charge is -2.17. The Morgan fingerprint density at radius 1 is 1.38 bits per heavy atom. The molecular weight excluding hydrogens is 274 g/mol. The Bertz CT molecular complexity index is 577. The van der Waals surface area contributed by atoms with Crippen molar-refractivity contribution in [3.05, 3.63) is 30.2 Å². The average molecular weight is 289 g/mol. The van der Waals surface area contributed by atoms with Crippen molar-refractivity contribution in [2.45, 2.75) is 19.9 Å². The number of carbonyl (C=O) groups excluding carboxylic acids is 1. The van der Waals surface area contributed by atoms with Crippen molar-refractivity contribution in [2.75, 3.05) is 5.32 Å². The largest absolute Gasteiger partial charge is 0.480 e. The van der Waals surface area contributed by atoms with Crippen molar-refractivity contribution in [1.82, 2.24) is 15.3 Å². The van der Waals surface area contributed by atoms with Crippen molar-refractivity contribution in [3.8, 4) is 6.07 Å². The summed E-state index contributed by atoms with van der Waals surface area (Å²) in [6.07, 6.45) is 4.12. The number of nitrogens with zero attached hydrogens (tertiary/aromatic N) is 3. The van der Waals surface area contributed by atoms with Crippen LogP contribution in [0.2, 0.25) is 0 Å². The topological polar surface area (TPSA) is 128 Å². The molecule has 0 aromatic carbocycles. The molecule has 0 radical (unpaired) electrons. The van der Waals surface area contributed by atoms with Gasteiger partial charge in [0, 0.05) is 18.6 Å². The molecule has 0 aliphatic rings. The molecule has 1 rings (SSSR count). The van der Waals surface area contributed by atoms with Crippen LogP contribution in [-0.4, -0.2) is 33.0 Å². The molecule has 110 valence electrons. The first-order chi connectivity index (χ1) is 9.95. The minimum Gasteiger partial charge on any atom is -0.480 e. The fraction of sp³-hybridized carbons (Fsp3) is 0.308. The van der Waals surface area contributed by atoms with Gasteiger partial charge >= 0.3 is 5.97 Å². The second kappa shape index (κ2) is 7.59. The van der Waals surface area contributed by atoms with Gasteiger partial charge in [-0.25, -0.2) is 14.8 Å². The number of aliphatic carboxylic acids is 1. The van der Waals surface area contributed by atoms with E-state index in [9.17, 15) is 9.59 Å². The first-order valence-electron chi connectivity index (χ1n) is 6.13. The van der Waals surface area contributed by atoms with Gasteiger partial charge in [0.2, 0.25) is 5.95 Å². The molecule has 1 aromatic heterocycles. The van der Waals surface area contributed by atoms with Crippen molar-refractivity contribution in [3.63, 3.8) is 0 Å². The molecule has 1 heterocycles. The molecule has 0 spiro atoms. The summed E-state index contributed by atoms with van der Waals surface area (Å²) in [6.45, 7) is 3.32. The average Bonchev–Trinajstić information content (AvgIpc) is 2.45. The summed E-state index contributed by atoms with van der Waals surface area (Å²) in [7, 11) is 0. The summed E-state index contributed by atoms with van der Waals surface area (Å²) in [6, 6.07) is 2.24. The molecular formula is C13H15N5O3. The first kappa shape index (κ1) is 16.1. The van der Waals surface area contributed by atoms with Gasteiger partial charge in [-0.2, -0.15) is 5.26 Å². The Morgan fingerprint density at radius 3 is 2.48 bits per heavy atom. The predicted molar refractivity (Wildman–Crippen MR) is 73.8 cm³/mol. The fourth-order valence-electron chi connectivity index (χ4n) is 1.39. The smallest absolute Gasteiger partial charge is 0.326 e. The van der Waals surface area contributed by atoms with Crippen molar-refractivity contribution in [1.29, 1.82) is 5.26 Å². The van der Waals surface area contributed by atoms with Gasteiger partial charge in [-0.1, -0.05) is 13.8 Å². The van der Waals surface area contributed by atoms with Crippen LogP contribution in [-0.2, 0) is 9.59 Å². The predicted octanol–water partition coefficient (Wildman–Crippen LogP) is 0.521. The van der Waals surface area contributed by atoms with E-state index in [1.165, 1.54) is 12.4 Å². The third-order valence-corrected chi connectivity index (χ3v) is 2.50. The van der Waals surface area contributed by atoms with Gasteiger partial charge in [0.25, 0.3) is 5.91 Å². The Kier molecular flexibility index (Phi) is 5.82. The van der Waals surface area contributed by atoms with Crippen LogP contribution in [0, 0.1) is 17.2 Å². The summed E-state index contributed by atoms with van der Waals surface area (Å²) < 4.78 is 0. The number of aromatic nitrogens is 2. The van der Waals surface area contributed by atoms with Crippen LogP contribution in [0.1, 0.15) is 13.8 Å². The zero-order chi connectivity index (χ0) is 15.8. The minimum absolute atomic E-state index is 0.219. The van der Waals surface area contributed by atoms with Crippen molar-refractivity contribution in [2.24, 2.45) is 5.92 Å². The standard InChI is InChI=1S/C13H15N5O3/c1-8(2)10(12(20)21)18-11(19)9(6-14)7-17-13-15-4-3-5-16-13/h3-5,7-8,10H,1-2H3,(H,18,19)(H,20,21)(H,15,16,17)/b9-7-. The molecule has 3 N–H and O–H groups in total. The number of carboxylic acids is 1. The Labute approximate surface area is 121 Å². The molecule has 0 bridgehead atoms. The van der Waals surface area contributed by atoms with E-state index in [1.54, 1.807) is 26.0 Å². The summed E-state index contributed by atoms with van der Waals surface area (Å²) in [4.78, 5) is 30.6. The van der Waals surface area contributed by atoms with Crippen LogP contribution in [0.25, 0.3) is 0 Å². The molecule has 0 saturated carbocycles. The highest BCUT2D eigenvalue weighted by Gasteiger charge is 2.24. The van der Waals surface area contributed by atoms with Gasteiger partial charge < -0.3 is 15.7 Å². The lowest BCUT2D eigenvalue weighted by atomic mass is 10.0. The number of nitriles is 1. The number of hydrogen-bond donors (Lipinski definition) is 3. The van der Waals surface area contributed by atoms with Crippen LogP contribution < -0.4 is 10.6 Å².